The molecule has 3 rings (SSSR count). The smallest absolute Gasteiger partial charge is 0.123 e. The standard InChI is InChI=1S/C17H16BrF/c18-17(10-12-3-1-6-16(19)9-12)15-8-7-13-4-2-5-14(13)11-15/h1,3,6-9,11,17H,2,4-5,10H2. The Bertz CT molecular complexity index is 592. The Balaban J connectivity index is 1.78. The monoisotopic (exact) mass is 318 g/mol. The summed E-state index contributed by atoms with van der Waals surface area (Å²) in [7, 11) is 0. The molecule has 1 atom stereocenters. The SMILES string of the molecule is Fc1cccc(CC(Br)c2ccc3c(c2)CCC3)c1. The maximum absolute atomic E-state index is 13.2. The maximum atomic E-state index is 13.2. The summed E-state index contributed by atoms with van der Waals surface area (Å²) in [5, 5.41) is 0. The number of halogens is 2. The van der Waals surface area contributed by atoms with Crippen molar-refractivity contribution in [2.45, 2.75) is 30.5 Å². The fourth-order valence-corrected chi connectivity index (χ4v) is 3.43. The van der Waals surface area contributed by atoms with Crippen molar-refractivity contribution in [3.05, 3.63) is 70.5 Å². The molecule has 1 unspecified atom stereocenters. The fourth-order valence-electron chi connectivity index (χ4n) is 2.78. The van der Waals surface area contributed by atoms with Crippen molar-refractivity contribution in [1.29, 1.82) is 0 Å². The summed E-state index contributed by atoms with van der Waals surface area (Å²) in [6.45, 7) is 0. The molecule has 0 spiro atoms. The van der Waals surface area contributed by atoms with Gasteiger partial charge >= 0.3 is 0 Å². The second-order valence-corrected chi connectivity index (χ2v) is 6.29. The minimum atomic E-state index is -0.161. The Morgan fingerprint density at radius 2 is 1.89 bits per heavy atom. The highest BCUT2D eigenvalue weighted by molar-refractivity contribution is 9.09. The summed E-state index contributed by atoms with van der Waals surface area (Å²) in [6.07, 6.45) is 4.50. The van der Waals surface area contributed by atoms with E-state index in [-0.39, 0.29) is 10.6 Å². The highest BCUT2D eigenvalue weighted by atomic mass is 79.9. The Morgan fingerprint density at radius 1 is 1.05 bits per heavy atom. The number of hydrogen-bond donors (Lipinski definition) is 0. The van der Waals surface area contributed by atoms with Gasteiger partial charge in [-0.15, -0.1) is 0 Å². The molecule has 0 N–H and O–H groups in total. The number of fused-ring (bicyclic) bond motifs is 1. The van der Waals surface area contributed by atoms with Gasteiger partial charge in [-0.25, -0.2) is 4.39 Å². The average molecular weight is 319 g/mol. The lowest BCUT2D eigenvalue weighted by molar-refractivity contribution is 0.625. The van der Waals surface area contributed by atoms with E-state index in [2.05, 4.69) is 34.1 Å². The van der Waals surface area contributed by atoms with E-state index in [1.165, 1.54) is 42.0 Å². The molecule has 0 fully saturated rings. The van der Waals surface area contributed by atoms with Crippen LogP contribution in [0.25, 0.3) is 0 Å². The third-order valence-corrected chi connectivity index (χ3v) is 4.64. The molecule has 0 aliphatic heterocycles. The summed E-state index contributed by atoms with van der Waals surface area (Å²) in [5.41, 5.74) is 5.31. The molecular weight excluding hydrogens is 303 g/mol. The van der Waals surface area contributed by atoms with E-state index in [0.717, 1.165) is 12.0 Å². The van der Waals surface area contributed by atoms with Crippen LogP contribution < -0.4 is 0 Å². The van der Waals surface area contributed by atoms with Crippen LogP contribution in [-0.4, -0.2) is 0 Å². The van der Waals surface area contributed by atoms with Crippen LogP contribution in [-0.2, 0) is 19.3 Å². The lowest BCUT2D eigenvalue weighted by atomic mass is 10.0. The highest BCUT2D eigenvalue weighted by Crippen LogP contribution is 2.31. The van der Waals surface area contributed by atoms with Gasteiger partial charge in [-0.3, -0.25) is 0 Å². The van der Waals surface area contributed by atoms with Crippen LogP contribution in [0.5, 0.6) is 0 Å². The van der Waals surface area contributed by atoms with E-state index in [0.29, 0.717) is 0 Å². The molecule has 1 aliphatic rings. The first-order valence-electron chi connectivity index (χ1n) is 6.72. The first-order valence-corrected chi connectivity index (χ1v) is 7.64. The van der Waals surface area contributed by atoms with Gasteiger partial charge in [0.2, 0.25) is 0 Å². The van der Waals surface area contributed by atoms with Gasteiger partial charge in [-0.2, -0.15) is 0 Å². The van der Waals surface area contributed by atoms with Gasteiger partial charge < -0.3 is 0 Å². The van der Waals surface area contributed by atoms with Crippen LogP contribution in [0.1, 0.15) is 33.5 Å². The fraction of sp³-hybridized carbons (Fsp3) is 0.294. The van der Waals surface area contributed by atoms with Crippen molar-refractivity contribution >= 4 is 15.9 Å². The first-order chi connectivity index (χ1) is 9.22. The lowest BCUT2D eigenvalue weighted by Crippen LogP contribution is -1.97. The summed E-state index contributed by atoms with van der Waals surface area (Å²) < 4.78 is 13.2. The summed E-state index contributed by atoms with van der Waals surface area (Å²) in [6, 6.07) is 13.6. The number of rotatable bonds is 3. The molecule has 98 valence electrons. The molecule has 2 aromatic rings. The van der Waals surface area contributed by atoms with Crippen LogP contribution >= 0.6 is 15.9 Å². The highest BCUT2D eigenvalue weighted by Gasteiger charge is 2.14. The predicted molar refractivity (Wildman–Crippen MR) is 80.2 cm³/mol. The van der Waals surface area contributed by atoms with Gasteiger partial charge in [-0.1, -0.05) is 46.3 Å². The van der Waals surface area contributed by atoms with E-state index >= 15 is 0 Å². The molecular formula is C17H16BrF. The van der Waals surface area contributed by atoms with Gasteiger partial charge in [0.15, 0.2) is 0 Å². The largest absolute Gasteiger partial charge is 0.207 e. The molecule has 19 heavy (non-hydrogen) atoms. The Labute approximate surface area is 121 Å². The number of aryl methyl sites for hydroxylation is 2. The number of benzene rings is 2. The average Bonchev–Trinajstić information content (AvgIpc) is 2.85. The van der Waals surface area contributed by atoms with Crippen molar-refractivity contribution in [1.82, 2.24) is 0 Å². The van der Waals surface area contributed by atoms with Gasteiger partial charge in [0.05, 0.1) is 0 Å². The molecule has 0 radical (unpaired) electrons. The van der Waals surface area contributed by atoms with Crippen LogP contribution in [0.4, 0.5) is 4.39 Å². The number of hydrogen-bond acceptors (Lipinski definition) is 0. The van der Waals surface area contributed by atoms with E-state index < -0.39 is 0 Å². The van der Waals surface area contributed by atoms with Gasteiger partial charge in [0, 0.05) is 4.83 Å². The first kappa shape index (κ1) is 12.9. The van der Waals surface area contributed by atoms with Crippen LogP contribution in [0.15, 0.2) is 42.5 Å². The van der Waals surface area contributed by atoms with Gasteiger partial charge in [0.25, 0.3) is 0 Å². The number of alkyl halides is 1. The molecule has 0 aromatic heterocycles. The summed E-state index contributed by atoms with van der Waals surface area (Å²) >= 11 is 3.73. The van der Waals surface area contributed by atoms with Crippen molar-refractivity contribution in [3.63, 3.8) is 0 Å². The van der Waals surface area contributed by atoms with Crippen molar-refractivity contribution in [3.8, 4) is 0 Å². The zero-order chi connectivity index (χ0) is 13.2. The lowest BCUT2D eigenvalue weighted by Gasteiger charge is -2.12. The zero-order valence-electron chi connectivity index (χ0n) is 10.7. The summed E-state index contributed by atoms with van der Waals surface area (Å²) in [5.74, 6) is -0.161. The maximum Gasteiger partial charge on any atom is 0.123 e. The van der Waals surface area contributed by atoms with Crippen molar-refractivity contribution in [2.75, 3.05) is 0 Å². The summed E-state index contributed by atoms with van der Waals surface area (Å²) in [4.78, 5) is 0.250. The minimum Gasteiger partial charge on any atom is -0.207 e. The Morgan fingerprint density at radius 3 is 2.74 bits per heavy atom. The van der Waals surface area contributed by atoms with Gasteiger partial charge in [0.1, 0.15) is 5.82 Å². The molecule has 2 heteroatoms. The molecule has 0 heterocycles. The minimum absolute atomic E-state index is 0.161. The third-order valence-electron chi connectivity index (χ3n) is 3.79. The van der Waals surface area contributed by atoms with E-state index in [1.54, 1.807) is 12.1 Å². The Kier molecular flexibility index (Phi) is 3.69. The van der Waals surface area contributed by atoms with Gasteiger partial charge in [-0.05, 0) is 60.1 Å². The molecule has 0 nitrogen and oxygen atoms in total. The predicted octanol–water partition coefficient (Wildman–Crippen LogP) is 4.99. The van der Waals surface area contributed by atoms with E-state index in [1.807, 2.05) is 6.07 Å². The van der Waals surface area contributed by atoms with E-state index in [4.69, 9.17) is 0 Å². The Hall–Kier alpha value is -1.15. The van der Waals surface area contributed by atoms with Crippen LogP contribution in [0.2, 0.25) is 0 Å². The molecule has 2 aromatic carbocycles. The molecule has 0 saturated carbocycles. The van der Waals surface area contributed by atoms with E-state index in [9.17, 15) is 4.39 Å². The third kappa shape index (κ3) is 2.89. The molecule has 0 saturated heterocycles. The molecule has 0 bridgehead atoms. The van der Waals surface area contributed by atoms with Crippen molar-refractivity contribution < 1.29 is 4.39 Å². The zero-order valence-corrected chi connectivity index (χ0v) is 12.3. The normalized spacial score (nSPS) is 15.3. The quantitative estimate of drug-likeness (QED) is 0.699. The second kappa shape index (κ2) is 5.46. The second-order valence-electron chi connectivity index (χ2n) is 5.18. The topological polar surface area (TPSA) is 0 Å². The molecule has 1 aliphatic carbocycles. The molecule has 0 amide bonds. The van der Waals surface area contributed by atoms with Crippen LogP contribution in [0.3, 0.4) is 0 Å². The van der Waals surface area contributed by atoms with Crippen molar-refractivity contribution in [2.24, 2.45) is 0 Å². The van der Waals surface area contributed by atoms with Crippen LogP contribution in [0, 0.1) is 5.82 Å².